The molecule has 0 radical (unpaired) electrons. The second kappa shape index (κ2) is 18.0. The van der Waals surface area contributed by atoms with Crippen LogP contribution >= 0.6 is 23.5 Å². The molecule has 6 aromatic carbocycles. The molecule has 0 fully saturated rings. The lowest BCUT2D eigenvalue weighted by Gasteiger charge is -2.12. The molecule has 1 aromatic heterocycles. The van der Waals surface area contributed by atoms with Gasteiger partial charge in [0.1, 0.15) is 23.0 Å². The van der Waals surface area contributed by atoms with Crippen molar-refractivity contribution in [1.82, 2.24) is 4.98 Å². The van der Waals surface area contributed by atoms with Crippen molar-refractivity contribution in [1.29, 1.82) is 0 Å². The van der Waals surface area contributed by atoms with Crippen LogP contribution in [0.1, 0.15) is 18.1 Å². The van der Waals surface area contributed by atoms with Crippen LogP contribution in [0.4, 0.5) is 17.1 Å². The van der Waals surface area contributed by atoms with E-state index in [1.54, 1.807) is 47.9 Å². The number of rotatable bonds is 11. The Morgan fingerprint density at radius 1 is 0.593 bits per heavy atom. The Bertz CT molecular complexity index is 2370. The Morgan fingerprint density at radius 3 is 1.69 bits per heavy atom. The standard InChI is InChI=1S/C22H18N2O2S.C21H20N2O3S/c25-17-8-10-19(21(26)12-17)24-14-16-4-1-2-6-22(16)27-18-9-7-15-5-3-11-23-20(15)13-18;1-14(24)23-16-6-9-18(10-7-16)27-21-5-3-2-4-15(21)13-22-19-11-8-17(25)12-20(19)26/h1-13,24-26H,14H2;2-12,22,25-26H,13H2,1H3,(H,23,24). The van der Waals surface area contributed by atoms with Crippen LogP contribution in [-0.4, -0.2) is 31.3 Å². The molecule has 272 valence electrons. The van der Waals surface area contributed by atoms with Gasteiger partial charge in [0.25, 0.3) is 0 Å². The fourth-order valence-corrected chi connectivity index (χ4v) is 7.31. The average Bonchev–Trinajstić information content (AvgIpc) is 3.16. The zero-order chi connectivity index (χ0) is 37.9. The van der Waals surface area contributed by atoms with Gasteiger partial charge >= 0.3 is 0 Å². The smallest absolute Gasteiger partial charge is 0.221 e. The van der Waals surface area contributed by atoms with Crippen LogP contribution in [0.2, 0.25) is 0 Å². The van der Waals surface area contributed by atoms with Crippen molar-refractivity contribution in [3.63, 3.8) is 0 Å². The van der Waals surface area contributed by atoms with Gasteiger partial charge in [0, 0.05) is 69.0 Å². The third-order valence-electron chi connectivity index (χ3n) is 8.05. The second-order valence-corrected chi connectivity index (χ2v) is 14.3. The Hall–Kier alpha value is -6.30. The average molecular weight is 755 g/mol. The molecule has 7 aromatic rings. The van der Waals surface area contributed by atoms with E-state index in [0.717, 1.165) is 47.3 Å². The summed E-state index contributed by atoms with van der Waals surface area (Å²) in [5, 5.41) is 48.9. The highest BCUT2D eigenvalue weighted by atomic mass is 32.2. The number of carbonyl (C=O) groups excluding carboxylic acids is 1. The van der Waals surface area contributed by atoms with Crippen molar-refractivity contribution in [2.45, 2.75) is 39.6 Å². The largest absolute Gasteiger partial charge is 0.508 e. The zero-order valence-electron chi connectivity index (χ0n) is 29.2. The Balaban J connectivity index is 0.000000184. The third kappa shape index (κ3) is 10.4. The molecule has 0 aliphatic heterocycles. The number of benzene rings is 6. The summed E-state index contributed by atoms with van der Waals surface area (Å²) in [6.07, 6.45) is 1.80. The number of aromatic hydroxyl groups is 4. The van der Waals surface area contributed by atoms with E-state index in [2.05, 4.69) is 57.3 Å². The van der Waals surface area contributed by atoms with Crippen LogP contribution < -0.4 is 16.0 Å². The number of nitrogens with one attached hydrogen (secondary N) is 3. The molecule has 7 rings (SSSR count). The first-order valence-electron chi connectivity index (χ1n) is 17.0. The van der Waals surface area contributed by atoms with Crippen LogP contribution in [0.25, 0.3) is 10.9 Å². The number of anilines is 3. The number of pyridine rings is 1. The molecule has 0 atom stereocenters. The Kier molecular flexibility index (Phi) is 12.5. The van der Waals surface area contributed by atoms with E-state index in [4.69, 9.17) is 0 Å². The number of fused-ring (bicyclic) bond motifs is 1. The lowest BCUT2D eigenvalue weighted by molar-refractivity contribution is -0.114. The van der Waals surface area contributed by atoms with E-state index in [1.807, 2.05) is 66.7 Å². The van der Waals surface area contributed by atoms with E-state index in [-0.39, 0.29) is 28.9 Å². The quantitative estimate of drug-likeness (QED) is 0.0503. The normalized spacial score (nSPS) is 10.6. The van der Waals surface area contributed by atoms with E-state index in [9.17, 15) is 25.2 Å². The minimum atomic E-state index is -0.0932. The highest BCUT2D eigenvalue weighted by molar-refractivity contribution is 7.99. The molecule has 11 heteroatoms. The monoisotopic (exact) mass is 754 g/mol. The molecule has 0 spiro atoms. The molecular formula is C43H38N4O5S2. The molecule has 0 bridgehead atoms. The number of carbonyl (C=O) groups is 1. The maximum Gasteiger partial charge on any atom is 0.221 e. The number of hydrogen-bond donors (Lipinski definition) is 7. The first-order chi connectivity index (χ1) is 26.2. The molecule has 9 nitrogen and oxygen atoms in total. The van der Waals surface area contributed by atoms with Crippen molar-refractivity contribution in [2.75, 3.05) is 16.0 Å². The van der Waals surface area contributed by atoms with Crippen LogP contribution in [-0.2, 0) is 17.9 Å². The van der Waals surface area contributed by atoms with Gasteiger partial charge in [-0.05, 0) is 90.0 Å². The van der Waals surface area contributed by atoms with Crippen LogP contribution in [0.5, 0.6) is 23.0 Å². The van der Waals surface area contributed by atoms with Crippen molar-refractivity contribution >= 4 is 57.4 Å². The third-order valence-corrected chi connectivity index (χ3v) is 10.3. The molecule has 0 aliphatic rings. The van der Waals surface area contributed by atoms with Crippen LogP contribution in [0.3, 0.4) is 0 Å². The van der Waals surface area contributed by atoms with Gasteiger partial charge < -0.3 is 36.4 Å². The summed E-state index contributed by atoms with van der Waals surface area (Å²) < 4.78 is 0. The van der Waals surface area contributed by atoms with Gasteiger partial charge in [0.2, 0.25) is 5.91 Å². The molecule has 0 unspecified atom stereocenters. The highest BCUT2D eigenvalue weighted by Crippen LogP contribution is 2.35. The van der Waals surface area contributed by atoms with Gasteiger partial charge in [-0.15, -0.1) is 0 Å². The predicted octanol–water partition coefficient (Wildman–Crippen LogP) is 10.2. The summed E-state index contributed by atoms with van der Waals surface area (Å²) in [5.74, 6) is 0.00868. The lowest BCUT2D eigenvalue weighted by atomic mass is 10.2. The summed E-state index contributed by atoms with van der Waals surface area (Å²) in [7, 11) is 0. The number of phenolic OH excluding ortho intramolecular Hbond substituents is 4. The van der Waals surface area contributed by atoms with E-state index >= 15 is 0 Å². The van der Waals surface area contributed by atoms with Crippen LogP contribution in [0, 0.1) is 0 Å². The lowest BCUT2D eigenvalue weighted by Crippen LogP contribution is -2.05. The molecule has 1 amide bonds. The number of nitrogens with zero attached hydrogens (tertiary/aromatic N) is 1. The maximum atomic E-state index is 11.1. The van der Waals surface area contributed by atoms with Crippen molar-refractivity contribution in [2.24, 2.45) is 0 Å². The first kappa shape index (κ1) is 37.5. The number of aromatic nitrogens is 1. The Morgan fingerprint density at radius 2 is 1.13 bits per heavy atom. The van der Waals surface area contributed by atoms with E-state index in [1.165, 1.54) is 25.1 Å². The fourth-order valence-electron chi connectivity index (χ4n) is 5.39. The Labute approximate surface area is 321 Å². The van der Waals surface area contributed by atoms with Gasteiger partial charge in [-0.1, -0.05) is 72.1 Å². The minimum Gasteiger partial charge on any atom is -0.508 e. The van der Waals surface area contributed by atoms with Crippen molar-refractivity contribution < 1.29 is 25.2 Å². The number of phenols is 4. The number of amides is 1. The molecule has 54 heavy (non-hydrogen) atoms. The van der Waals surface area contributed by atoms with Gasteiger partial charge in [0.15, 0.2) is 0 Å². The first-order valence-corrected chi connectivity index (χ1v) is 18.6. The molecule has 1 heterocycles. The molecule has 0 saturated carbocycles. The van der Waals surface area contributed by atoms with Crippen molar-refractivity contribution in [3.05, 3.63) is 157 Å². The molecule has 7 N–H and O–H groups in total. The fraction of sp³-hybridized carbons (Fsp3) is 0.0698. The van der Waals surface area contributed by atoms with E-state index < -0.39 is 0 Å². The number of hydrogen-bond acceptors (Lipinski definition) is 10. The topological polar surface area (TPSA) is 147 Å². The van der Waals surface area contributed by atoms with Gasteiger partial charge in [-0.3, -0.25) is 9.78 Å². The molecule has 0 aliphatic carbocycles. The van der Waals surface area contributed by atoms with Crippen molar-refractivity contribution in [3.8, 4) is 23.0 Å². The second-order valence-electron chi connectivity index (χ2n) is 12.1. The summed E-state index contributed by atoms with van der Waals surface area (Å²) >= 11 is 3.32. The maximum absolute atomic E-state index is 11.1. The molecular weight excluding hydrogens is 717 g/mol. The minimum absolute atomic E-state index is 0.00805. The highest BCUT2D eigenvalue weighted by Gasteiger charge is 2.09. The SMILES string of the molecule is CC(=O)Nc1ccc(Sc2ccccc2CNc2ccc(O)cc2O)cc1.Oc1ccc(NCc2ccccc2Sc2ccc3cccnc3c2)c(O)c1. The summed E-state index contributed by atoms with van der Waals surface area (Å²) in [4.78, 5) is 20.0. The van der Waals surface area contributed by atoms with Gasteiger partial charge in [0.05, 0.1) is 16.9 Å². The zero-order valence-corrected chi connectivity index (χ0v) is 30.9. The predicted molar refractivity (Wildman–Crippen MR) is 218 cm³/mol. The summed E-state index contributed by atoms with van der Waals surface area (Å²) in [6, 6.07) is 43.1. The molecule has 0 saturated heterocycles. The summed E-state index contributed by atoms with van der Waals surface area (Å²) in [6.45, 7) is 2.58. The summed E-state index contributed by atoms with van der Waals surface area (Å²) in [5.41, 5.74) is 5.10. The van der Waals surface area contributed by atoms with E-state index in [0.29, 0.717) is 24.5 Å². The van der Waals surface area contributed by atoms with Gasteiger partial charge in [-0.25, -0.2) is 0 Å². The van der Waals surface area contributed by atoms with Gasteiger partial charge in [-0.2, -0.15) is 0 Å². The van der Waals surface area contributed by atoms with Crippen LogP contribution in [0.15, 0.2) is 165 Å².